The lowest BCUT2D eigenvalue weighted by Gasteiger charge is -2.02. The van der Waals surface area contributed by atoms with Crippen molar-refractivity contribution >= 4 is 34.7 Å². The number of nitrogens with zero attached hydrogens (tertiary/aromatic N) is 1. The number of rotatable bonds is 3. The zero-order chi connectivity index (χ0) is 13.7. The Bertz CT molecular complexity index is 626. The molecule has 1 amide bonds. The number of phenolic OH excluding ortho intramolecular Hbond substituents is 1. The first kappa shape index (κ1) is 13.5. The molecule has 0 saturated heterocycles. The number of carbonyl (C=O) groups excluding carboxylic acids is 1. The first-order valence-electron chi connectivity index (χ1n) is 5.54. The van der Waals surface area contributed by atoms with Gasteiger partial charge in [0.25, 0.3) is 5.91 Å². The van der Waals surface area contributed by atoms with E-state index in [2.05, 4.69) is 33.1 Å². The third-order valence-corrected chi connectivity index (χ3v) is 3.37. The van der Waals surface area contributed by atoms with Crippen LogP contribution in [0.5, 0.6) is 5.75 Å². The molecule has 0 atom stereocenters. The molecule has 0 aliphatic rings. The molecule has 5 heteroatoms. The van der Waals surface area contributed by atoms with Crippen LogP contribution >= 0.6 is 22.6 Å². The van der Waals surface area contributed by atoms with Crippen LogP contribution in [0.3, 0.4) is 0 Å². The van der Waals surface area contributed by atoms with Crippen LogP contribution in [-0.4, -0.2) is 17.2 Å². The number of hydrogen-bond acceptors (Lipinski definition) is 3. The fourth-order valence-electron chi connectivity index (χ4n) is 1.46. The first-order valence-corrected chi connectivity index (χ1v) is 6.62. The van der Waals surface area contributed by atoms with E-state index in [1.165, 1.54) is 6.21 Å². The molecule has 0 radical (unpaired) electrons. The Kier molecular flexibility index (Phi) is 4.51. The lowest BCUT2D eigenvalue weighted by atomic mass is 10.2. The zero-order valence-electron chi connectivity index (χ0n) is 9.88. The van der Waals surface area contributed by atoms with Crippen LogP contribution in [0.4, 0.5) is 0 Å². The third-order valence-electron chi connectivity index (χ3n) is 2.42. The normalized spacial score (nSPS) is 10.6. The number of amides is 1. The minimum Gasteiger partial charge on any atom is -0.507 e. The summed E-state index contributed by atoms with van der Waals surface area (Å²) in [4.78, 5) is 11.8. The van der Waals surface area contributed by atoms with Crippen molar-refractivity contribution < 1.29 is 9.90 Å². The number of halogens is 1. The van der Waals surface area contributed by atoms with Gasteiger partial charge in [-0.1, -0.05) is 24.3 Å². The molecule has 2 aromatic carbocycles. The summed E-state index contributed by atoms with van der Waals surface area (Å²) in [5, 5.41) is 13.4. The summed E-state index contributed by atoms with van der Waals surface area (Å²) < 4.78 is 0.857. The van der Waals surface area contributed by atoms with Crippen LogP contribution in [0.2, 0.25) is 0 Å². The molecular formula is C14H11IN2O2. The highest BCUT2D eigenvalue weighted by Crippen LogP contribution is 2.13. The van der Waals surface area contributed by atoms with Gasteiger partial charge in [-0.05, 0) is 46.9 Å². The molecule has 96 valence electrons. The molecule has 0 saturated carbocycles. The van der Waals surface area contributed by atoms with E-state index in [1.54, 1.807) is 36.4 Å². The molecule has 2 aromatic rings. The van der Waals surface area contributed by atoms with E-state index < -0.39 is 0 Å². The van der Waals surface area contributed by atoms with Crippen LogP contribution in [0.25, 0.3) is 0 Å². The van der Waals surface area contributed by atoms with Crippen LogP contribution < -0.4 is 5.43 Å². The smallest absolute Gasteiger partial charge is 0.272 e. The predicted octanol–water partition coefficient (Wildman–Crippen LogP) is 2.76. The summed E-state index contributed by atoms with van der Waals surface area (Å²) in [7, 11) is 0. The fourth-order valence-corrected chi connectivity index (χ4v) is 2.10. The highest BCUT2D eigenvalue weighted by molar-refractivity contribution is 14.1. The van der Waals surface area contributed by atoms with Crippen LogP contribution in [0, 0.1) is 3.57 Å². The maximum absolute atomic E-state index is 11.8. The van der Waals surface area contributed by atoms with Crippen LogP contribution in [0.15, 0.2) is 53.6 Å². The summed E-state index contributed by atoms with van der Waals surface area (Å²) in [5.74, 6) is -0.161. The van der Waals surface area contributed by atoms with E-state index in [4.69, 9.17) is 0 Å². The molecule has 0 bridgehead atoms. The molecule has 0 unspecified atom stereocenters. The second-order valence-corrected chi connectivity index (χ2v) is 4.90. The number of carbonyl (C=O) groups is 1. The van der Waals surface area contributed by atoms with Gasteiger partial charge in [-0.15, -0.1) is 0 Å². The average Bonchev–Trinajstić information content (AvgIpc) is 2.41. The number of aromatic hydroxyl groups is 1. The summed E-state index contributed by atoms with van der Waals surface area (Å²) in [6, 6.07) is 14.0. The average molecular weight is 366 g/mol. The Labute approximate surface area is 124 Å². The van der Waals surface area contributed by atoms with Gasteiger partial charge in [-0.3, -0.25) is 4.79 Å². The van der Waals surface area contributed by atoms with Gasteiger partial charge < -0.3 is 5.11 Å². The number of phenols is 1. The van der Waals surface area contributed by atoms with Gasteiger partial charge in [0.15, 0.2) is 0 Å². The van der Waals surface area contributed by atoms with Crippen LogP contribution in [0.1, 0.15) is 15.9 Å². The van der Waals surface area contributed by atoms with Crippen molar-refractivity contribution in [3.05, 3.63) is 63.2 Å². The number of benzene rings is 2. The van der Waals surface area contributed by atoms with Crippen molar-refractivity contribution in [1.82, 2.24) is 5.43 Å². The molecule has 0 aliphatic heterocycles. The van der Waals surface area contributed by atoms with Gasteiger partial charge >= 0.3 is 0 Å². The second-order valence-electron chi connectivity index (χ2n) is 3.74. The molecular weight excluding hydrogens is 355 g/mol. The van der Waals surface area contributed by atoms with Gasteiger partial charge in [-0.2, -0.15) is 5.10 Å². The van der Waals surface area contributed by atoms with E-state index in [1.807, 2.05) is 12.1 Å². The number of nitrogens with one attached hydrogen (secondary N) is 1. The minimum absolute atomic E-state index is 0.120. The highest BCUT2D eigenvalue weighted by atomic mass is 127. The van der Waals surface area contributed by atoms with Gasteiger partial charge in [-0.25, -0.2) is 5.43 Å². The van der Waals surface area contributed by atoms with Crippen molar-refractivity contribution in [3.63, 3.8) is 0 Å². The van der Waals surface area contributed by atoms with E-state index in [-0.39, 0.29) is 11.7 Å². The van der Waals surface area contributed by atoms with Gasteiger partial charge in [0.2, 0.25) is 0 Å². The summed E-state index contributed by atoms with van der Waals surface area (Å²) in [6.07, 6.45) is 1.41. The number of para-hydroxylation sites is 1. The Morgan fingerprint density at radius 2 is 1.84 bits per heavy atom. The SMILES string of the molecule is O=C(N/N=C/c1ccccc1O)c1ccccc1I. The molecule has 2 rings (SSSR count). The molecule has 0 fully saturated rings. The largest absolute Gasteiger partial charge is 0.507 e. The Hall–Kier alpha value is -1.89. The van der Waals surface area contributed by atoms with Gasteiger partial charge in [0.1, 0.15) is 5.75 Å². The first-order chi connectivity index (χ1) is 9.18. The lowest BCUT2D eigenvalue weighted by molar-refractivity contribution is 0.0954. The van der Waals surface area contributed by atoms with Crippen molar-refractivity contribution in [2.45, 2.75) is 0 Å². The van der Waals surface area contributed by atoms with E-state index in [9.17, 15) is 9.90 Å². The second kappa shape index (κ2) is 6.33. The monoisotopic (exact) mass is 366 g/mol. The predicted molar refractivity (Wildman–Crippen MR) is 82.3 cm³/mol. The van der Waals surface area contributed by atoms with Gasteiger partial charge in [0.05, 0.1) is 11.8 Å². The van der Waals surface area contributed by atoms with Crippen LogP contribution in [-0.2, 0) is 0 Å². The molecule has 19 heavy (non-hydrogen) atoms. The Morgan fingerprint density at radius 1 is 1.16 bits per heavy atom. The third kappa shape index (κ3) is 3.54. The van der Waals surface area contributed by atoms with Crippen molar-refractivity contribution in [3.8, 4) is 5.75 Å². The minimum atomic E-state index is -0.281. The number of hydrazone groups is 1. The van der Waals surface area contributed by atoms with E-state index >= 15 is 0 Å². The number of hydrogen-bond donors (Lipinski definition) is 2. The zero-order valence-corrected chi connectivity index (χ0v) is 12.0. The molecule has 0 spiro atoms. The van der Waals surface area contributed by atoms with E-state index in [0.717, 1.165) is 3.57 Å². The molecule has 0 aromatic heterocycles. The summed E-state index contributed by atoms with van der Waals surface area (Å²) in [6.45, 7) is 0. The lowest BCUT2D eigenvalue weighted by Crippen LogP contribution is -2.18. The quantitative estimate of drug-likeness (QED) is 0.499. The molecule has 4 nitrogen and oxygen atoms in total. The van der Waals surface area contributed by atoms with Crippen molar-refractivity contribution in [1.29, 1.82) is 0 Å². The Balaban J connectivity index is 2.06. The van der Waals surface area contributed by atoms with E-state index in [0.29, 0.717) is 11.1 Å². The van der Waals surface area contributed by atoms with Gasteiger partial charge in [0, 0.05) is 9.13 Å². The Morgan fingerprint density at radius 3 is 2.58 bits per heavy atom. The summed E-state index contributed by atoms with van der Waals surface area (Å²) >= 11 is 2.09. The maximum atomic E-state index is 11.8. The fraction of sp³-hybridized carbons (Fsp3) is 0. The topological polar surface area (TPSA) is 61.7 Å². The maximum Gasteiger partial charge on any atom is 0.272 e. The van der Waals surface area contributed by atoms with Crippen molar-refractivity contribution in [2.75, 3.05) is 0 Å². The van der Waals surface area contributed by atoms with Crippen molar-refractivity contribution in [2.24, 2.45) is 5.10 Å². The standard InChI is InChI=1S/C14H11IN2O2/c15-12-7-3-2-6-11(12)14(19)17-16-9-10-5-1-4-8-13(10)18/h1-9,18H,(H,17,19)/b16-9+. The molecule has 0 aliphatic carbocycles. The highest BCUT2D eigenvalue weighted by Gasteiger charge is 2.07. The molecule has 2 N–H and O–H groups in total. The summed E-state index contributed by atoms with van der Waals surface area (Å²) in [5.41, 5.74) is 3.54. The molecule has 0 heterocycles.